The van der Waals surface area contributed by atoms with E-state index >= 15 is 0 Å². The van der Waals surface area contributed by atoms with Gasteiger partial charge in [0, 0.05) is 44.3 Å². The molecule has 65 heavy (non-hydrogen) atoms. The van der Waals surface area contributed by atoms with Crippen LogP contribution in [0.4, 0.5) is 0 Å². The maximum atomic E-state index is 5.47. The highest BCUT2D eigenvalue weighted by molar-refractivity contribution is 6.20. The number of para-hydroxylation sites is 2. The van der Waals surface area contributed by atoms with Crippen LogP contribution in [-0.4, -0.2) is 24.5 Å². The molecule has 0 aliphatic heterocycles. The predicted molar refractivity (Wildman–Crippen MR) is 268 cm³/mol. The van der Waals surface area contributed by atoms with Gasteiger partial charge in [0.15, 0.2) is 5.82 Å². The van der Waals surface area contributed by atoms with E-state index in [-0.39, 0.29) is 0 Å². The molecule has 3 heterocycles. The summed E-state index contributed by atoms with van der Waals surface area (Å²) in [7, 11) is 0. The highest BCUT2D eigenvalue weighted by Gasteiger charge is 2.21. The Morgan fingerprint density at radius 3 is 1.35 bits per heavy atom. The highest BCUT2D eigenvalue weighted by atomic mass is 15.1. The zero-order valence-corrected chi connectivity index (χ0v) is 35.3. The van der Waals surface area contributed by atoms with Crippen molar-refractivity contribution < 1.29 is 0 Å². The third-order valence-electron chi connectivity index (χ3n) is 12.3. The second-order valence-electron chi connectivity index (χ2n) is 16.2. The van der Waals surface area contributed by atoms with Crippen LogP contribution in [0.1, 0.15) is 0 Å². The highest BCUT2D eigenvalue weighted by Crippen LogP contribution is 2.40. The molecule has 0 fully saturated rings. The van der Waals surface area contributed by atoms with Crippen molar-refractivity contribution in [2.24, 2.45) is 0 Å². The Morgan fingerprint density at radius 1 is 0.308 bits per heavy atom. The average Bonchev–Trinajstić information content (AvgIpc) is 3.80. The minimum Gasteiger partial charge on any atom is -0.292 e. The Labute approximate surface area is 376 Å². The summed E-state index contributed by atoms with van der Waals surface area (Å²) in [6.07, 6.45) is 0. The van der Waals surface area contributed by atoms with Crippen molar-refractivity contribution in [1.82, 2.24) is 24.5 Å². The molecule has 0 atom stereocenters. The fraction of sp³-hybridized carbons (Fsp3) is 0. The minimum atomic E-state index is 0.668. The lowest BCUT2D eigenvalue weighted by molar-refractivity contribution is 1.10. The molecule has 12 rings (SSSR count). The number of imidazole rings is 1. The zero-order valence-electron chi connectivity index (χ0n) is 35.3. The van der Waals surface area contributed by atoms with Gasteiger partial charge in [-0.3, -0.25) is 4.57 Å². The van der Waals surface area contributed by atoms with E-state index in [1.807, 2.05) is 24.3 Å². The number of aromatic nitrogens is 5. The standard InChI is InChI=1S/C60H39N5/c1-5-15-40(16-6-1)42-25-29-44(30-26-42)53-39-54(63-59(62-53)47-35-27-43(28-36-47)41-17-7-2-8-18-41)45-31-33-46(34-32-45)57-56-51(50-23-13-14-24-52(50)61-57)37-38-55-58(56)64-60(48-19-9-3-10-20-48)65(55)49-21-11-4-12-22-49/h1-39H. The lowest BCUT2D eigenvalue weighted by Gasteiger charge is -2.13. The van der Waals surface area contributed by atoms with Gasteiger partial charge in [-0.1, -0.05) is 206 Å². The van der Waals surface area contributed by atoms with Gasteiger partial charge < -0.3 is 0 Å². The van der Waals surface area contributed by atoms with E-state index in [0.717, 1.165) is 100 Å². The fourth-order valence-electron chi connectivity index (χ4n) is 8.99. The SMILES string of the molecule is c1ccc(-c2ccc(-c3cc(-c4ccc(-c5nc6ccccc6c6ccc7c(nc(-c8ccccc8)n7-c7ccccc7)c56)cc4)nc(-c4ccc(-c5ccccc5)cc4)n3)cc2)cc1. The second-order valence-corrected chi connectivity index (χ2v) is 16.2. The molecule has 0 aliphatic carbocycles. The number of benzene rings is 9. The molecule has 0 spiro atoms. The Hall–Kier alpha value is -8.80. The monoisotopic (exact) mass is 829 g/mol. The van der Waals surface area contributed by atoms with Gasteiger partial charge in [-0.25, -0.2) is 19.9 Å². The molecule has 3 aromatic heterocycles. The van der Waals surface area contributed by atoms with Crippen LogP contribution >= 0.6 is 0 Å². The molecule has 0 unspecified atom stereocenters. The van der Waals surface area contributed by atoms with Crippen LogP contribution in [0.5, 0.6) is 0 Å². The number of hydrogen-bond acceptors (Lipinski definition) is 4. The molecular weight excluding hydrogens is 791 g/mol. The molecule has 304 valence electrons. The Balaban J connectivity index is 1.00. The summed E-state index contributed by atoms with van der Waals surface area (Å²) >= 11 is 0. The maximum absolute atomic E-state index is 5.47. The fourth-order valence-corrected chi connectivity index (χ4v) is 8.99. The molecule has 5 nitrogen and oxygen atoms in total. The van der Waals surface area contributed by atoms with Crippen LogP contribution in [-0.2, 0) is 0 Å². The van der Waals surface area contributed by atoms with Gasteiger partial charge >= 0.3 is 0 Å². The minimum absolute atomic E-state index is 0.668. The molecule has 0 radical (unpaired) electrons. The summed E-state index contributed by atoms with van der Waals surface area (Å²) in [6, 6.07) is 82.5. The Kier molecular flexibility index (Phi) is 9.42. The molecule has 12 aromatic rings. The first kappa shape index (κ1) is 37.9. The van der Waals surface area contributed by atoms with E-state index < -0.39 is 0 Å². The lowest BCUT2D eigenvalue weighted by atomic mass is 9.97. The van der Waals surface area contributed by atoms with Gasteiger partial charge in [0.2, 0.25) is 0 Å². The van der Waals surface area contributed by atoms with Crippen LogP contribution < -0.4 is 0 Å². The van der Waals surface area contributed by atoms with Crippen molar-refractivity contribution in [2.45, 2.75) is 0 Å². The molecule has 9 aromatic carbocycles. The van der Waals surface area contributed by atoms with E-state index in [1.165, 1.54) is 11.1 Å². The van der Waals surface area contributed by atoms with Gasteiger partial charge in [-0.05, 0) is 58.0 Å². The number of nitrogens with zero attached hydrogens (tertiary/aromatic N) is 5. The van der Waals surface area contributed by atoms with Crippen molar-refractivity contribution >= 4 is 32.7 Å². The van der Waals surface area contributed by atoms with Gasteiger partial charge in [-0.15, -0.1) is 0 Å². The van der Waals surface area contributed by atoms with Crippen molar-refractivity contribution in [2.75, 3.05) is 0 Å². The van der Waals surface area contributed by atoms with Crippen LogP contribution in [0.25, 0.3) is 117 Å². The quantitative estimate of drug-likeness (QED) is 0.143. The predicted octanol–water partition coefficient (Wildman–Crippen LogP) is 15.2. The lowest BCUT2D eigenvalue weighted by Crippen LogP contribution is -1.97. The summed E-state index contributed by atoms with van der Waals surface area (Å²) in [6.45, 7) is 0. The normalized spacial score (nSPS) is 11.4. The van der Waals surface area contributed by atoms with E-state index in [2.05, 4.69) is 217 Å². The van der Waals surface area contributed by atoms with Crippen molar-refractivity contribution in [3.05, 3.63) is 237 Å². The molecule has 0 N–H and O–H groups in total. The smallest absolute Gasteiger partial charge is 0.160 e. The average molecular weight is 830 g/mol. The summed E-state index contributed by atoms with van der Waals surface area (Å²) in [5, 5.41) is 3.22. The first-order chi connectivity index (χ1) is 32.2. The van der Waals surface area contributed by atoms with Crippen LogP contribution in [0.15, 0.2) is 237 Å². The molecule has 5 heteroatoms. The third-order valence-corrected chi connectivity index (χ3v) is 12.3. The molecule has 0 bridgehead atoms. The molecule has 0 aliphatic rings. The van der Waals surface area contributed by atoms with Gasteiger partial charge in [0.1, 0.15) is 5.82 Å². The Bertz CT molecular complexity index is 3540. The number of hydrogen-bond donors (Lipinski definition) is 0. The van der Waals surface area contributed by atoms with Gasteiger partial charge in [-0.2, -0.15) is 0 Å². The van der Waals surface area contributed by atoms with E-state index in [9.17, 15) is 0 Å². The first-order valence-electron chi connectivity index (χ1n) is 21.9. The topological polar surface area (TPSA) is 56.5 Å². The van der Waals surface area contributed by atoms with Crippen LogP contribution in [0, 0.1) is 0 Å². The summed E-state index contributed by atoms with van der Waals surface area (Å²) < 4.78 is 2.26. The molecule has 0 amide bonds. The maximum Gasteiger partial charge on any atom is 0.160 e. The first-order valence-corrected chi connectivity index (χ1v) is 21.9. The zero-order chi connectivity index (χ0) is 43.1. The number of pyridine rings is 1. The largest absolute Gasteiger partial charge is 0.292 e. The molecular formula is C60H39N5. The van der Waals surface area contributed by atoms with Gasteiger partial charge in [0.05, 0.1) is 33.6 Å². The van der Waals surface area contributed by atoms with E-state index in [0.29, 0.717) is 5.82 Å². The van der Waals surface area contributed by atoms with E-state index in [1.54, 1.807) is 0 Å². The van der Waals surface area contributed by atoms with Gasteiger partial charge in [0.25, 0.3) is 0 Å². The van der Waals surface area contributed by atoms with Crippen molar-refractivity contribution in [3.63, 3.8) is 0 Å². The second kappa shape index (κ2) is 16.2. The van der Waals surface area contributed by atoms with Crippen LogP contribution in [0.3, 0.4) is 0 Å². The van der Waals surface area contributed by atoms with Crippen molar-refractivity contribution in [1.29, 1.82) is 0 Å². The van der Waals surface area contributed by atoms with Crippen molar-refractivity contribution in [3.8, 4) is 84.5 Å². The third kappa shape index (κ3) is 7.02. The number of rotatable bonds is 8. The number of fused-ring (bicyclic) bond motifs is 5. The van der Waals surface area contributed by atoms with Crippen LogP contribution in [0.2, 0.25) is 0 Å². The van der Waals surface area contributed by atoms with E-state index in [4.69, 9.17) is 19.9 Å². The summed E-state index contributed by atoms with van der Waals surface area (Å²) in [5.41, 5.74) is 16.1. The molecule has 0 saturated heterocycles. The molecule has 0 saturated carbocycles. The summed E-state index contributed by atoms with van der Waals surface area (Å²) in [5.74, 6) is 1.55. The summed E-state index contributed by atoms with van der Waals surface area (Å²) in [4.78, 5) is 21.3. The Morgan fingerprint density at radius 2 is 0.769 bits per heavy atom.